The average Bonchev–Trinajstić information content (AvgIpc) is 3.07. The Balaban J connectivity index is 1.83. The van der Waals surface area contributed by atoms with Crippen LogP contribution >= 0.6 is 0 Å². The second kappa shape index (κ2) is 7.59. The number of fused-ring (bicyclic) bond motifs is 1. The zero-order valence-corrected chi connectivity index (χ0v) is 17.4. The molecule has 3 aromatic carbocycles. The maximum Gasteiger partial charge on any atom is 0.296 e. The molecule has 0 radical (unpaired) electrons. The molecule has 0 saturated heterocycles. The van der Waals surface area contributed by atoms with Crippen molar-refractivity contribution in [3.8, 4) is 16.8 Å². The molecule has 0 spiro atoms. The Labute approximate surface area is 175 Å². The van der Waals surface area contributed by atoms with Gasteiger partial charge < -0.3 is 4.57 Å². The van der Waals surface area contributed by atoms with Gasteiger partial charge in [-0.3, -0.25) is 4.72 Å². The van der Waals surface area contributed by atoms with Crippen LogP contribution in [0.1, 0.15) is 25.3 Å². The maximum absolute atomic E-state index is 13.3. The minimum Gasteiger partial charge on any atom is -0.316 e. The highest BCUT2D eigenvalue weighted by Gasteiger charge is 2.14. The number of nitrogens with one attached hydrogen (secondary N) is 1. The lowest BCUT2D eigenvalue weighted by molar-refractivity contribution is 0.603. The van der Waals surface area contributed by atoms with E-state index < -0.39 is 10.2 Å². The zero-order chi connectivity index (χ0) is 21.5. The molecule has 5 nitrogen and oxygen atoms in total. The highest BCUT2D eigenvalue weighted by Crippen LogP contribution is 2.33. The van der Waals surface area contributed by atoms with Crippen LogP contribution in [0.4, 0.5) is 10.1 Å². The third-order valence-electron chi connectivity index (χ3n) is 5.04. The molecular formula is C23H22FN3O2S. The Kier molecular flexibility index (Phi) is 5.09. The lowest BCUT2D eigenvalue weighted by Crippen LogP contribution is -2.21. The van der Waals surface area contributed by atoms with Gasteiger partial charge in [-0.05, 0) is 65.1 Å². The predicted molar refractivity (Wildman–Crippen MR) is 119 cm³/mol. The van der Waals surface area contributed by atoms with Gasteiger partial charge in [-0.15, -0.1) is 0 Å². The number of hydrogen-bond acceptors (Lipinski definition) is 2. The van der Waals surface area contributed by atoms with Crippen LogP contribution in [0.5, 0.6) is 0 Å². The molecular weight excluding hydrogens is 401 g/mol. The number of halogens is 1. The first-order valence-electron chi connectivity index (χ1n) is 9.53. The summed E-state index contributed by atoms with van der Waals surface area (Å²) in [7, 11) is -3.82. The third kappa shape index (κ3) is 4.08. The van der Waals surface area contributed by atoms with Gasteiger partial charge in [-0.1, -0.05) is 38.1 Å². The minimum absolute atomic E-state index is 0.265. The maximum atomic E-state index is 13.3. The summed E-state index contributed by atoms with van der Waals surface area (Å²) in [5, 5.41) is 6.18. The SMILES string of the molecule is CC(C)c1cn(-c2ccc(NS(N)(=O)=O)cc2)c2cc(-c3ccc(F)cc3)ccc12. The molecule has 7 heteroatoms. The van der Waals surface area contributed by atoms with Crippen molar-refractivity contribution in [1.82, 2.24) is 4.57 Å². The molecule has 0 aliphatic rings. The van der Waals surface area contributed by atoms with Gasteiger partial charge in [-0.25, -0.2) is 9.53 Å². The van der Waals surface area contributed by atoms with E-state index in [1.165, 1.54) is 17.7 Å². The molecule has 1 aromatic heterocycles. The Bertz CT molecular complexity index is 1310. The van der Waals surface area contributed by atoms with E-state index in [2.05, 4.69) is 41.5 Å². The third-order valence-corrected chi connectivity index (χ3v) is 5.56. The van der Waals surface area contributed by atoms with Crippen LogP contribution in [0.3, 0.4) is 0 Å². The predicted octanol–water partition coefficient (Wildman–Crippen LogP) is 5.18. The van der Waals surface area contributed by atoms with Crippen LogP contribution < -0.4 is 9.86 Å². The number of benzene rings is 3. The summed E-state index contributed by atoms with van der Waals surface area (Å²) >= 11 is 0. The van der Waals surface area contributed by atoms with E-state index in [0.717, 1.165) is 27.7 Å². The van der Waals surface area contributed by atoms with E-state index in [0.29, 0.717) is 11.6 Å². The molecule has 0 saturated carbocycles. The summed E-state index contributed by atoms with van der Waals surface area (Å²) < 4.78 is 40.1. The highest BCUT2D eigenvalue weighted by molar-refractivity contribution is 7.90. The van der Waals surface area contributed by atoms with E-state index in [1.54, 1.807) is 24.3 Å². The summed E-state index contributed by atoms with van der Waals surface area (Å²) in [4.78, 5) is 0. The molecule has 4 aromatic rings. The van der Waals surface area contributed by atoms with Gasteiger partial charge in [0.2, 0.25) is 0 Å². The van der Waals surface area contributed by atoms with E-state index in [-0.39, 0.29) is 5.82 Å². The monoisotopic (exact) mass is 423 g/mol. The number of aromatic nitrogens is 1. The number of nitrogens with zero attached hydrogens (tertiary/aromatic N) is 1. The fraction of sp³-hybridized carbons (Fsp3) is 0.130. The first-order chi connectivity index (χ1) is 14.2. The Morgan fingerprint density at radius 3 is 2.17 bits per heavy atom. The van der Waals surface area contributed by atoms with Crippen LogP contribution in [0.2, 0.25) is 0 Å². The molecule has 4 rings (SSSR count). The van der Waals surface area contributed by atoms with Crippen LogP contribution in [0.15, 0.2) is 72.9 Å². The zero-order valence-electron chi connectivity index (χ0n) is 16.6. The van der Waals surface area contributed by atoms with Crippen LogP contribution in [0.25, 0.3) is 27.7 Å². The first kappa shape index (κ1) is 20.1. The van der Waals surface area contributed by atoms with Crippen molar-refractivity contribution in [1.29, 1.82) is 0 Å². The minimum atomic E-state index is -3.82. The molecule has 0 atom stereocenters. The van der Waals surface area contributed by atoms with Crippen molar-refractivity contribution in [3.05, 3.63) is 84.3 Å². The van der Waals surface area contributed by atoms with Crippen LogP contribution in [0, 0.1) is 5.82 Å². The lowest BCUT2D eigenvalue weighted by atomic mass is 9.99. The summed E-state index contributed by atoms with van der Waals surface area (Å²) in [5.74, 6) is 0.0623. The Morgan fingerprint density at radius 2 is 1.57 bits per heavy atom. The first-order valence-corrected chi connectivity index (χ1v) is 11.1. The molecule has 30 heavy (non-hydrogen) atoms. The topological polar surface area (TPSA) is 77.1 Å². The second-order valence-corrected chi connectivity index (χ2v) is 8.84. The Hall–Kier alpha value is -3.16. The molecule has 0 aliphatic heterocycles. The molecule has 0 fully saturated rings. The highest BCUT2D eigenvalue weighted by atomic mass is 32.2. The van der Waals surface area contributed by atoms with E-state index in [9.17, 15) is 12.8 Å². The molecule has 0 aliphatic carbocycles. The standard InChI is InChI=1S/C23H22FN3O2S/c1-15(2)22-14-27(20-10-8-19(9-11-20)26-30(25,28)29)23-13-17(5-12-21(22)23)16-3-6-18(24)7-4-16/h3-15,26H,1-2H3,(H2,25,28,29). The number of anilines is 1. The van der Waals surface area contributed by atoms with Gasteiger partial charge >= 0.3 is 0 Å². The van der Waals surface area contributed by atoms with Gasteiger partial charge in [0, 0.05) is 23.0 Å². The average molecular weight is 424 g/mol. The van der Waals surface area contributed by atoms with Gasteiger partial charge in [0.1, 0.15) is 5.82 Å². The van der Waals surface area contributed by atoms with Crippen molar-refractivity contribution in [2.75, 3.05) is 4.72 Å². The molecule has 0 bridgehead atoms. The fourth-order valence-corrected chi connectivity index (χ4v) is 4.07. The van der Waals surface area contributed by atoms with Gasteiger partial charge in [0.15, 0.2) is 0 Å². The molecule has 3 N–H and O–H groups in total. The smallest absolute Gasteiger partial charge is 0.296 e. The fourth-order valence-electron chi connectivity index (χ4n) is 3.60. The van der Waals surface area contributed by atoms with Gasteiger partial charge in [-0.2, -0.15) is 8.42 Å². The number of rotatable bonds is 5. The van der Waals surface area contributed by atoms with E-state index in [4.69, 9.17) is 5.14 Å². The normalized spacial score (nSPS) is 11.9. The largest absolute Gasteiger partial charge is 0.316 e. The van der Waals surface area contributed by atoms with Crippen molar-refractivity contribution < 1.29 is 12.8 Å². The quantitative estimate of drug-likeness (QED) is 0.464. The number of nitrogens with two attached hydrogens (primary N) is 1. The van der Waals surface area contributed by atoms with Crippen LogP contribution in [-0.2, 0) is 10.2 Å². The van der Waals surface area contributed by atoms with E-state index in [1.807, 2.05) is 18.2 Å². The second-order valence-electron chi connectivity index (χ2n) is 7.54. The van der Waals surface area contributed by atoms with Gasteiger partial charge in [0.05, 0.1) is 5.52 Å². The molecule has 0 unspecified atom stereocenters. The Morgan fingerprint density at radius 1 is 0.933 bits per heavy atom. The summed E-state index contributed by atoms with van der Waals surface area (Å²) in [6.45, 7) is 4.29. The van der Waals surface area contributed by atoms with Crippen molar-refractivity contribution in [2.24, 2.45) is 5.14 Å². The van der Waals surface area contributed by atoms with Crippen molar-refractivity contribution in [3.63, 3.8) is 0 Å². The summed E-state index contributed by atoms with van der Waals surface area (Å²) in [6, 6.07) is 19.7. The molecule has 154 valence electrons. The number of hydrogen-bond donors (Lipinski definition) is 2. The van der Waals surface area contributed by atoms with Gasteiger partial charge in [0.25, 0.3) is 10.2 Å². The van der Waals surface area contributed by atoms with Crippen molar-refractivity contribution in [2.45, 2.75) is 19.8 Å². The lowest BCUT2D eigenvalue weighted by Gasteiger charge is -2.09. The summed E-state index contributed by atoms with van der Waals surface area (Å²) in [6.07, 6.45) is 2.10. The van der Waals surface area contributed by atoms with Crippen LogP contribution in [-0.4, -0.2) is 13.0 Å². The van der Waals surface area contributed by atoms with Crippen molar-refractivity contribution >= 4 is 26.8 Å². The van der Waals surface area contributed by atoms with E-state index >= 15 is 0 Å². The molecule has 1 heterocycles. The summed E-state index contributed by atoms with van der Waals surface area (Å²) in [5.41, 5.74) is 5.45. The molecule has 0 amide bonds.